The van der Waals surface area contributed by atoms with Gasteiger partial charge >= 0.3 is 0 Å². The van der Waals surface area contributed by atoms with E-state index in [1.54, 1.807) is 30.3 Å². The van der Waals surface area contributed by atoms with E-state index in [1.807, 2.05) is 10.6 Å². The molecule has 10 heteroatoms. The molecule has 0 saturated carbocycles. The number of amides is 2. The summed E-state index contributed by atoms with van der Waals surface area (Å²) in [6.45, 7) is 1.83. The summed E-state index contributed by atoms with van der Waals surface area (Å²) in [6, 6.07) is 20.3. The number of para-hydroxylation sites is 1. The molecule has 3 aromatic carbocycles. The quantitative estimate of drug-likeness (QED) is 0.297. The lowest BCUT2D eigenvalue weighted by atomic mass is 9.83. The number of hydrogen-bond donors (Lipinski definition) is 2. The molecule has 1 fully saturated rings. The molecular weight excluding hydrogens is 562 g/mol. The predicted molar refractivity (Wildman–Crippen MR) is 158 cm³/mol. The van der Waals surface area contributed by atoms with E-state index in [4.69, 9.17) is 11.6 Å². The van der Waals surface area contributed by atoms with Gasteiger partial charge in [0, 0.05) is 53.5 Å². The number of aromatic nitrogens is 1. The smallest absolute Gasteiger partial charge is 0.255 e. The Morgan fingerprint density at radius 3 is 2.45 bits per heavy atom. The van der Waals surface area contributed by atoms with E-state index in [-0.39, 0.29) is 45.7 Å². The van der Waals surface area contributed by atoms with Crippen LogP contribution in [0.3, 0.4) is 0 Å². The Labute approximate surface area is 245 Å². The predicted octanol–water partition coefficient (Wildman–Crippen LogP) is 5.84. The van der Waals surface area contributed by atoms with E-state index < -0.39 is 23.4 Å². The molecule has 2 bridgehead atoms. The van der Waals surface area contributed by atoms with E-state index >= 15 is 0 Å². The minimum Gasteiger partial charge on any atom is -0.369 e. The van der Waals surface area contributed by atoms with E-state index in [9.17, 15) is 23.2 Å². The first-order chi connectivity index (χ1) is 20.3. The van der Waals surface area contributed by atoms with Gasteiger partial charge in [-0.25, -0.2) is 8.78 Å². The third-order valence-electron chi connectivity index (χ3n) is 7.87. The molecule has 42 heavy (non-hydrogen) atoms. The van der Waals surface area contributed by atoms with Crippen molar-refractivity contribution in [1.82, 2.24) is 4.57 Å². The van der Waals surface area contributed by atoms with Gasteiger partial charge in [-0.2, -0.15) is 0 Å². The summed E-state index contributed by atoms with van der Waals surface area (Å²) in [7, 11) is 0. The van der Waals surface area contributed by atoms with Crippen LogP contribution in [0.15, 0.2) is 83.7 Å². The fourth-order valence-corrected chi connectivity index (χ4v) is 6.19. The molecule has 2 aliphatic rings. The number of carbonyl (C=O) groups excluding carboxylic acids is 2. The van der Waals surface area contributed by atoms with E-state index in [2.05, 4.69) is 15.5 Å². The average Bonchev–Trinajstić information content (AvgIpc) is 2.97. The lowest BCUT2D eigenvalue weighted by Crippen LogP contribution is -2.47. The Bertz CT molecular complexity index is 1740. The van der Waals surface area contributed by atoms with Crippen LogP contribution in [0.5, 0.6) is 0 Å². The monoisotopic (exact) mass is 588 g/mol. The van der Waals surface area contributed by atoms with Gasteiger partial charge in [0.05, 0.1) is 23.5 Å². The fourth-order valence-electron chi connectivity index (χ4n) is 5.96. The maximum atomic E-state index is 14.4. The van der Waals surface area contributed by atoms with E-state index in [0.717, 1.165) is 12.1 Å². The van der Waals surface area contributed by atoms with Crippen LogP contribution >= 0.6 is 11.6 Å². The van der Waals surface area contributed by atoms with Gasteiger partial charge < -0.3 is 20.1 Å². The van der Waals surface area contributed by atoms with Crippen molar-refractivity contribution in [3.05, 3.63) is 123 Å². The van der Waals surface area contributed by atoms with Crippen molar-refractivity contribution in [1.29, 1.82) is 0 Å². The Morgan fingerprint density at radius 2 is 1.64 bits per heavy atom. The second kappa shape index (κ2) is 11.4. The number of nitrogens with one attached hydrogen (secondary N) is 2. The molecule has 3 heterocycles. The Balaban J connectivity index is 1.32. The van der Waals surface area contributed by atoms with Crippen LogP contribution in [0.25, 0.3) is 0 Å². The van der Waals surface area contributed by atoms with Gasteiger partial charge in [0.25, 0.3) is 11.5 Å². The molecular formula is C32H27ClF2N4O3. The van der Waals surface area contributed by atoms with E-state index in [0.29, 0.717) is 31.0 Å². The van der Waals surface area contributed by atoms with Crippen molar-refractivity contribution in [3.8, 4) is 0 Å². The van der Waals surface area contributed by atoms with Gasteiger partial charge in [-0.3, -0.25) is 14.4 Å². The van der Waals surface area contributed by atoms with E-state index in [1.165, 1.54) is 42.5 Å². The molecule has 1 aromatic heterocycles. The van der Waals surface area contributed by atoms with Crippen molar-refractivity contribution in [3.63, 3.8) is 0 Å². The average molecular weight is 589 g/mol. The van der Waals surface area contributed by atoms with Crippen molar-refractivity contribution in [2.45, 2.75) is 25.3 Å². The summed E-state index contributed by atoms with van der Waals surface area (Å²) in [5.74, 6) is -1.91. The highest BCUT2D eigenvalue weighted by Gasteiger charge is 2.35. The minimum absolute atomic E-state index is 0.0133. The summed E-state index contributed by atoms with van der Waals surface area (Å²) < 4.78 is 30.5. The molecule has 0 radical (unpaired) electrons. The highest BCUT2D eigenvalue weighted by Crippen LogP contribution is 2.39. The first kappa shape index (κ1) is 27.7. The Hall–Kier alpha value is -4.50. The van der Waals surface area contributed by atoms with Gasteiger partial charge in [0.15, 0.2) is 0 Å². The summed E-state index contributed by atoms with van der Waals surface area (Å²) in [5, 5.41) is 5.57. The Kier molecular flexibility index (Phi) is 7.51. The lowest BCUT2D eigenvalue weighted by Gasteiger charge is -2.44. The van der Waals surface area contributed by atoms with Crippen LogP contribution in [-0.2, 0) is 17.8 Å². The molecule has 2 atom stereocenters. The molecule has 0 aliphatic carbocycles. The summed E-state index contributed by atoms with van der Waals surface area (Å²) >= 11 is 6.16. The van der Waals surface area contributed by atoms with Crippen LogP contribution in [0.1, 0.15) is 34.0 Å². The Morgan fingerprint density at radius 1 is 0.857 bits per heavy atom. The molecule has 2 aliphatic heterocycles. The number of fused-ring (bicyclic) bond motifs is 4. The van der Waals surface area contributed by atoms with Crippen molar-refractivity contribution >= 4 is 40.5 Å². The third kappa shape index (κ3) is 5.52. The molecule has 4 aromatic rings. The summed E-state index contributed by atoms with van der Waals surface area (Å²) in [5.41, 5.74) is 2.32. The number of hydrogen-bond acceptors (Lipinski definition) is 4. The summed E-state index contributed by atoms with van der Waals surface area (Å²) in [4.78, 5) is 40.9. The maximum absolute atomic E-state index is 14.4. The molecule has 6 rings (SSSR count). The minimum atomic E-state index is -0.589. The summed E-state index contributed by atoms with van der Waals surface area (Å²) in [6.07, 6.45) is 0.634. The topological polar surface area (TPSA) is 83.4 Å². The molecule has 2 N–H and O–H groups in total. The standard InChI is InChI=1S/C32H27ClF2N4O3/c33-23-5-3-7-24(34)22(23)15-30(40)36-27-14-20(32(42)37-26-8-2-1-6-25(26)35)11-12-29(27)38-16-19-13-21(18-38)28-9-4-10-31(41)39(28)17-19/h1-12,14,19,21H,13,15-18H2,(H,36,40)(H,37,42). The zero-order chi connectivity index (χ0) is 29.4. The second-order valence-electron chi connectivity index (χ2n) is 10.7. The van der Waals surface area contributed by atoms with Crippen molar-refractivity contribution in [2.24, 2.45) is 5.92 Å². The highest BCUT2D eigenvalue weighted by atomic mass is 35.5. The molecule has 2 amide bonds. The van der Waals surface area contributed by atoms with Crippen LogP contribution in [0, 0.1) is 17.6 Å². The molecule has 1 saturated heterocycles. The lowest BCUT2D eigenvalue weighted by molar-refractivity contribution is -0.115. The second-order valence-corrected chi connectivity index (χ2v) is 11.1. The molecule has 0 spiro atoms. The fraction of sp³-hybridized carbons (Fsp3) is 0.219. The number of carbonyl (C=O) groups is 2. The number of halogens is 3. The third-order valence-corrected chi connectivity index (χ3v) is 8.23. The number of pyridine rings is 1. The first-order valence-electron chi connectivity index (χ1n) is 13.6. The number of benzene rings is 3. The number of rotatable bonds is 6. The number of piperidine rings is 1. The first-order valence-corrected chi connectivity index (χ1v) is 14.0. The van der Waals surface area contributed by atoms with Crippen LogP contribution in [0.4, 0.5) is 25.8 Å². The van der Waals surface area contributed by atoms with Crippen molar-refractivity contribution in [2.75, 3.05) is 28.6 Å². The SMILES string of the molecule is O=C(Cc1c(F)cccc1Cl)Nc1cc(C(=O)Nc2ccccc2F)ccc1N1CC2CC(C1)c1cccc(=O)n1C2. The molecule has 2 unspecified atom stereocenters. The highest BCUT2D eigenvalue weighted by molar-refractivity contribution is 6.31. The number of nitrogens with zero attached hydrogens (tertiary/aromatic N) is 2. The van der Waals surface area contributed by atoms with Gasteiger partial charge in [-0.15, -0.1) is 0 Å². The normalized spacial score (nSPS) is 17.4. The molecule has 214 valence electrons. The van der Waals surface area contributed by atoms with Crippen LogP contribution in [-0.4, -0.2) is 29.5 Å². The zero-order valence-electron chi connectivity index (χ0n) is 22.4. The van der Waals surface area contributed by atoms with Gasteiger partial charge in [-0.05, 0) is 60.9 Å². The zero-order valence-corrected chi connectivity index (χ0v) is 23.2. The van der Waals surface area contributed by atoms with Gasteiger partial charge in [0.2, 0.25) is 5.91 Å². The maximum Gasteiger partial charge on any atom is 0.255 e. The van der Waals surface area contributed by atoms with Gasteiger partial charge in [-0.1, -0.05) is 35.9 Å². The number of anilines is 3. The van der Waals surface area contributed by atoms with Crippen LogP contribution in [0.2, 0.25) is 5.02 Å². The molecule has 7 nitrogen and oxygen atoms in total. The largest absolute Gasteiger partial charge is 0.369 e. The van der Waals surface area contributed by atoms with Crippen molar-refractivity contribution < 1.29 is 18.4 Å². The van der Waals surface area contributed by atoms with Gasteiger partial charge in [0.1, 0.15) is 11.6 Å². The van der Waals surface area contributed by atoms with Crippen LogP contribution < -0.4 is 21.1 Å².